The summed E-state index contributed by atoms with van der Waals surface area (Å²) in [5, 5.41) is 6.27. The van der Waals surface area contributed by atoms with Crippen molar-refractivity contribution in [1.29, 1.82) is 0 Å². The largest absolute Gasteiger partial charge is 0.459 e. The summed E-state index contributed by atoms with van der Waals surface area (Å²) in [7, 11) is 0. The molecule has 138 valence electrons. The van der Waals surface area contributed by atoms with Gasteiger partial charge in [-0.15, -0.1) is 12.4 Å². The smallest absolute Gasteiger partial charge is 0.287 e. The number of nitrogens with one attached hydrogen (secondary N) is 2. The summed E-state index contributed by atoms with van der Waals surface area (Å²) in [6.45, 7) is 1.93. The van der Waals surface area contributed by atoms with Crippen LogP contribution < -0.4 is 15.5 Å². The molecule has 1 fully saturated rings. The van der Waals surface area contributed by atoms with E-state index in [1.54, 1.807) is 11.0 Å². The fourth-order valence-electron chi connectivity index (χ4n) is 3.55. The van der Waals surface area contributed by atoms with Crippen LogP contribution >= 0.6 is 12.4 Å². The fourth-order valence-corrected chi connectivity index (χ4v) is 3.55. The maximum absolute atomic E-state index is 12.4. The first-order chi connectivity index (χ1) is 12.2. The van der Waals surface area contributed by atoms with Crippen LogP contribution in [0.15, 0.2) is 41.0 Å². The summed E-state index contributed by atoms with van der Waals surface area (Å²) in [5.41, 5.74) is 2.66. The Hall–Kier alpha value is -2.31. The van der Waals surface area contributed by atoms with Crippen molar-refractivity contribution in [1.82, 2.24) is 10.6 Å². The number of anilines is 1. The normalized spacial score (nSPS) is 18.5. The van der Waals surface area contributed by atoms with Crippen molar-refractivity contribution in [3.05, 3.63) is 53.5 Å². The number of amides is 2. The Morgan fingerprint density at radius 3 is 2.96 bits per heavy atom. The molecule has 1 aromatic heterocycles. The molecule has 1 unspecified atom stereocenters. The van der Waals surface area contributed by atoms with Gasteiger partial charge in [0.1, 0.15) is 0 Å². The fraction of sp³-hybridized carbons (Fsp3) is 0.368. The number of rotatable bonds is 5. The molecule has 2 aromatic rings. The van der Waals surface area contributed by atoms with Gasteiger partial charge >= 0.3 is 0 Å². The van der Waals surface area contributed by atoms with Gasteiger partial charge in [-0.05, 0) is 37.1 Å². The molecule has 0 aliphatic carbocycles. The van der Waals surface area contributed by atoms with E-state index in [9.17, 15) is 9.59 Å². The number of furan rings is 1. The van der Waals surface area contributed by atoms with Gasteiger partial charge in [0.15, 0.2) is 5.76 Å². The number of halogens is 1. The Balaban J connectivity index is 0.00000196. The Bertz CT molecular complexity index is 799. The number of hydrogen-bond donors (Lipinski definition) is 2. The zero-order valence-electron chi connectivity index (χ0n) is 14.4. The molecule has 1 aromatic carbocycles. The van der Waals surface area contributed by atoms with Crippen LogP contribution in [0.1, 0.15) is 34.5 Å². The lowest BCUT2D eigenvalue weighted by molar-refractivity contribution is -0.117. The van der Waals surface area contributed by atoms with Gasteiger partial charge in [-0.3, -0.25) is 9.59 Å². The lowest BCUT2D eigenvalue weighted by atomic mass is 10.1. The van der Waals surface area contributed by atoms with Gasteiger partial charge in [0.05, 0.1) is 19.2 Å². The van der Waals surface area contributed by atoms with E-state index in [0.717, 1.165) is 36.2 Å². The molecule has 0 spiro atoms. The molecular weight excluding hydrogens is 354 g/mol. The van der Waals surface area contributed by atoms with Gasteiger partial charge in [-0.2, -0.15) is 0 Å². The lowest BCUT2D eigenvalue weighted by Gasteiger charge is -2.17. The SMILES string of the molecule is Cl.O=C(NCC1CCCN1)c1occc1CN1C(=O)Cc2ccccc21. The maximum Gasteiger partial charge on any atom is 0.287 e. The van der Waals surface area contributed by atoms with E-state index >= 15 is 0 Å². The molecule has 1 saturated heterocycles. The third-order valence-electron chi connectivity index (χ3n) is 4.88. The van der Waals surface area contributed by atoms with E-state index in [4.69, 9.17) is 4.42 Å². The second-order valence-electron chi connectivity index (χ2n) is 6.56. The van der Waals surface area contributed by atoms with Gasteiger partial charge in [-0.25, -0.2) is 0 Å². The van der Waals surface area contributed by atoms with Gasteiger partial charge in [0, 0.05) is 23.8 Å². The van der Waals surface area contributed by atoms with Gasteiger partial charge in [0.25, 0.3) is 5.91 Å². The highest BCUT2D eigenvalue weighted by molar-refractivity contribution is 6.01. The van der Waals surface area contributed by atoms with Crippen molar-refractivity contribution in [2.75, 3.05) is 18.0 Å². The zero-order valence-corrected chi connectivity index (χ0v) is 15.2. The number of nitrogens with zero attached hydrogens (tertiary/aromatic N) is 1. The summed E-state index contributed by atoms with van der Waals surface area (Å²) in [4.78, 5) is 26.5. The van der Waals surface area contributed by atoms with E-state index in [0.29, 0.717) is 25.6 Å². The molecule has 1 atom stereocenters. The van der Waals surface area contributed by atoms with Crippen LogP contribution in [0, 0.1) is 0 Å². The monoisotopic (exact) mass is 375 g/mol. The van der Waals surface area contributed by atoms with Crippen LogP contribution in [0.4, 0.5) is 5.69 Å². The minimum atomic E-state index is -0.228. The van der Waals surface area contributed by atoms with Crippen molar-refractivity contribution in [2.45, 2.75) is 31.8 Å². The average molecular weight is 376 g/mol. The average Bonchev–Trinajstić information content (AvgIpc) is 3.34. The molecule has 6 nitrogen and oxygen atoms in total. The molecule has 2 aliphatic rings. The first kappa shape index (κ1) is 18.5. The second kappa shape index (κ2) is 7.93. The predicted octanol–water partition coefficient (Wildman–Crippen LogP) is 2.27. The molecule has 26 heavy (non-hydrogen) atoms. The van der Waals surface area contributed by atoms with Crippen molar-refractivity contribution >= 4 is 29.9 Å². The van der Waals surface area contributed by atoms with E-state index in [-0.39, 0.29) is 30.0 Å². The highest BCUT2D eigenvalue weighted by atomic mass is 35.5. The minimum Gasteiger partial charge on any atom is -0.459 e. The highest BCUT2D eigenvalue weighted by Gasteiger charge is 2.29. The zero-order chi connectivity index (χ0) is 17.2. The first-order valence-electron chi connectivity index (χ1n) is 8.68. The third-order valence-corrected chi connectivity index (χ3v) is 4.88. The quantitative estimate of drug-likeness (QED) is 0.840. The van der Waals surface area contributed by atoms with Crippen LogP contribution in [0.3, 0.4) is 0 Å². The van der Waals surface area contributed by atoms with Crippen LogP contribution in [0.2, 0.25) is 0 Å². The van der Waals surface area contributed by atoms with Crippen molar-refractivity contribution in [3.8, 4) is 0 Å². The molecule has 0 radical (unpaired) electrons. The van der Waals surface area contributed by atoms with Crippen LogP contribution in [0.25, 0.3) is 0 Å². The van der Waals surface area contributed by atoms with Gasteiger partial charge in [-0.1, -0.05) is 18.2 Å². The maximum atomic E-state index is 12.4. The topological polar surface area (TPSA) is 74.6 Å². The van der Waals surface area contributed by atoms with E-state index in [2.05, 4.69) is 10.6 Å². The molecule has 0 saturated carbocycles. The molecule has 2 aliphatic heterocycles. The standard InChI is InChI=1S/C19H21N3O3.ClH/c23-17-10-13-4-1-2-6-16(13)22(17)12-14-7-9-25-18(14)19(24)21-11-15-5-3-8-20-15;/h1-2,4,6-7,9,15,20H,3,5,8,10-12H2,(H,21,24);1H. The Morgan fingerprint density at radius 2 is 2.15 bits per heavy atom. The minimum absolute atomic E-state index is 0. The summed E-state index contributed by atoms with van der Waals surface area (Å²) >= 11 is 0. The summed E-state index contributed by atoms with van der Waals surface area (Å²) in [5.74, 6) is 0.104. The van der Waals surface area contributed by atoms with Crippen LogP contribution in [0.5, 0.6) is 0 Å². The van der Waals surface area contributed by atoms with Gasteiger partial charge in [0.2, 0.25) is 5.91 Å². The molecule has 2 amide bonds. The van der Waals surface area contributed by atoms with Crippen molar-refractivity contribution in [3.63, 3.8) is 0 Å². The third kappa shape index (κ3) is 3.61. The number of benzene rings is 1. The summed E-state index contributed by atoms with van der Waals surface area (Å²) in [6, 6.07) is 9.84. The van der Waals surface area contributed by atoms with Crippen LogP contribution in [-0.4, -0.2) is 30.9 Å². The molecule has 4 rings (SSSR count). The van der Waals surface area contributed by atoms with Crippen molar-refractivity contribution < 1.29 is 14.0 Å². The predicted molar refractivity (Wildman–Crippen MR) is 101 cm³/mol. The number of carbonyl (C=O) groups excluding carboxylic acids is 2. The summed E-state index contributed by atoms with van der Waals surface area (Å²) < 4.78 is 5.40. The molecule has 7 heteroatoms. The van der Waals surface area contributed by atoms with Gasteiger partial charge < -0.3 is 20.0 Å². The van der Waals surface area contributed by atoms with E-state index < -0.39 is 0 Å². The summed E-state index contributed by atoms with van der Waals surface area (Å²) in [6.07, 6.45) is 4.13. The van der Waals surface area contributed by atoms with E-state index in [1.807, 2.05) is 24.3 Å². The molecule has 3 heterocycles. The number of para-hydroxylation sites is 1. The number of hydrogen-bond acceptors (Lipinski definition) is 4. The Kier molecular flexibility index (Phi) is 5.64. The molecule has 0 bridgehead atoms. The molecule has 2 N–H and O–H groups in total. The highest BCUT2D eigenvalue weighted by Crippen LogP contribution is 2.30. The second-order valence-corrected chi connectivity index (χ2v) is 6.56. The van der Waals surface area contributed by atoms with E-state index in [1.165, 1.54) is 6.26 Å². The Labute approximate surface area is 158 Å². The van der Waals surface area contributed by atoms with Crippen molar-refractivity contribution in [2.24, 2.45) is 0 Å². The Morgan fingerprint density at radius 1 is 1.31 bits per heavy atom. The first-order valence-corrected chi connectivity index (χ1v) is 8.68. The number of carbonyl (C=O) groups is 2. The lowest BCUT2D eigenvalue weighted by Crippen LogP contribution is -2.37. The molecular formula is C19H22ClN3O3. The number of fused-ring (bicyclic) bond motifs is 1. The van der Waals surface area contributed by atoms with Crippen LogP contribution in [-0.2, 0) is 17.8 Å².